The highest BCUT2D eigenvalue weighted by Crippen LogP contribution is 2.50. The predicted molar refractivity (Wildman–Crippen MR) is 74.6 cm³/mol. The van der Waals surface area contributed by atoms with Crippen LogP contribution in [0.2, 0.25) is 0 Å². The van der Waals surface area contributed by atoms with Gasteiger partial charge in [0.25, 0.3) is 0 Å². The van der Waals surface area contributed by atoms with E-state index in [0.29, 0.717) is 12.1 Å². The van der Waals surface area contributed by atoms with Gasteiger partial charge in [0.15, 0.2) is 0 Å². The average molecular weight is 251 g/mol. The van der Waals surface area contributed by atoms with Gasteiger partial charge in [-0.2, -0.15) is 0 Å². The molecular formula is C16H29NO. The van der Waals surface area contributed by atoms with Crippen LogP contribution in [-0.2, 0) is 4.74 Å². The van der Waals surface area contributed by atoms with Crippen molar-refractivity contribution in [2.45, 2.75) is 70.4 Å². The van der Waals surface area contributed by atoms with Crippen molar-refractivity contribution in [3.8, 4) is 0 Å². The minimum Gasteiger partial charge on any atom is -0.377 e. The van der Waals surface area contributed by atoms with Gasteiger partial charge in [-0.25, -0.2) is 0 Å². The minimum absolute atomic E-state index is 0.498. The zero-order valence-electron chi connectivity index (χ0n) is 11.9. The van der Waals surface area contributed by atoms with Crippen molar-refractivity contribution in [1.82, 2.24) is 5.32 Å². The standard InChI is InChI=1S/C16H29NO/c1-2-17-15(16-5-3-4-8-18-16)11-14-10-12-6-7-13(14)9-12/h12-17H,2-11H2,1H3. The van der Waals surface area contributed by atoms with E-state index >= 15 is 0 Å². The van der Waals surface area contributed by atoms with Gasteiger partial charge < -0.3 is 10.1 Å². The van der Waals surface area contributed by atoms with Crippen LogP contribution < -0.4 is 5.32 Å². The van der Waals surface area contributed by atoms with E-state index in [2.05, 4.69) is 12.2 Å². The number of ether oxygens (including phenoxy) is 1. The van der Waals surface area contributed by atoms with Gasteiger partial charge in [-0.3, -0.25) is 0 Å². The first-order valence-electron chi connectivity index (χ1n) is 8.21. The normalized spacial score (nSPS) is 41.2. The molecular weight excluding hydrogens is 222 g/mol. The second kappa shape index (κ2) is 5.92. The molecule has 1 N–H and O–H groups in total. The highest BCUT2D eigenvalue weighted by molar-refractivity contribution is 4.93. The van der Waals surface area contributed by atoms with Gasteiger partial charge in [-0.05, 0) is 69.2 Å². The fraction of sp³-hybridized carbons (Fsp3) is 1.00. The molecule has 0 aromatic carbocycles. The van der Waals surface area contributed by atoms with Crippen molar-refractivity contribution in [3.05, 3.63) is 0 Å². The fourth-order valence-electron chi connectivity index (χ4n) is 4.70. The Balaban J connectivity index is 1.55. The monoisotopic (exact) mass is 251 g/mol. The highest BCUT2D eigenvalue weighted by Gasteiger charge is 2.41. The molecule has 3 fully saturated rings. The van der Waals surface area contributed by atoms with E-state index < -0.39 is 0 Å². The summed E-state index contributed by atoms with van der Waals surface area (Å²) in [6.07, 6.45) is 11.9. The van der Waals surface area contributed by atoms with Crippen LogP contribution in [0.5, 0.6) is 0 Å². The third-order valence-electron chi connectivity index (χ3n) is 5.57. The lowest BCUT2D eigenvalue weighted by Crippen LogP contribution is -2.44. The van der Waals surface area contributed by atoms with Gasteiger partial charge in [-0.15, -0.1) is 0 Å². The van der Waals surface area contributed by atoms with E-state index in [9.17, 15) is 0 Å². The first-order valence-corrected chi connectivity index (χ1v) is 8.21. The Bertz CT molecular complexity index is 262. The van der Waals surface area contributed by atoms with Gasteiger partial charge in [0, 0.05) is 12.6 Å². The van der Waals surface area contributed by atoms with Crippen LogP contribution in [0.15, 0.2) is 0 Å². The number of hydrogen-bond donors (Lipinski definition) is 1. The number of likely N-dealkylation sites (N-methyl/N-ethyl adjacent to an activating group) is 1. The Kier molecular flexibility index (Phi) is 4.25. The zero-order valence-corrected chi connectivity index (χ0v) is 11.9. The molecule has 0 aromatic heterocycles. The SMILES string of the molecule is CCNC(CC1CC2CCC1C2)C1CCCCO1. The van der Waals surface area contributed by atoms with Crippen LogP contribution in [0.4, 0.5) is 0 Å². The second-order valence-corrected chi connectivity index (χ2v) is 6.74. The lowest BCUT2D eigenvalue weighted by atomic mass is 9.82. The van der Waals surface area contributed by atoms with Crippen LogP contribution in [0, 0.1) is 17.8 Å². The third-order valence-corrected chi connectivity index (χ3v) is 5.57. The molecule has 2 aliphatic carbocycles. The molecule has 104 valence electrons. The van der Waals surface area contributed by atoms with E-state index in [1.54, 1.807) is 0 Å². The van der Waals surface area contributed by atoms with Gasteiger partial charge in [0.05, 0.1) is 6.10 Å². The summed E-state index contributed by atoms with van der Waals surface area (Å²) >= 11 is 0. The third kappa shape index (κ3) is 2.75. The fourth-order valence-corrected chi connectivity index (χ4v) is 4.70. The molecule has 5 atom stereocenters. The summed E-state index contributed by atoms with van der Waals surface area (Å²) in [7, 11) is 0. The van der Waals surface area contributed by atoms with Crippen molar-refractivity contribution in [2.75, 3.05) is 13.2 Å². The van der Waals surface area contributed by atoms with Crippen LogP contribution in [-0.4, -0.2) is 25.3 Å². The van der Waals surface area contributed by atoms with Crippen LogP contribution in [0.25, 0.3) is 0 Å². The molecule has 1 heterocycles. The molecule has 0 amide bonds. The summed E-state index contributed by atoms with van der Waals surface area (Å²) in [6.45, 7) is 4.31. The van der Waals surface area contributed by atoms with E-state index in [-0.39, 0.29) is 0 Å². The van der Waals surface area contributed by atoms with E-state index in [1.807, 2.05) is 0 Å². The van der Waals surface area contributed by atoms with E-state index in [0.717, 1.165) is 30.9 Å². The van der Waals surface area contributed by atoms with Crippen molar-refractivity contribution in [1.29, 1.82) is 0 Å². The number of fused-ring (bicyclic) bond motifs is 2. The molecule has 2 nitrogen and oxygen atoms in total. The summed E-state index contributed by atoms with van der Waals surface area (Å²) in [5, 5.41) is 3.71. The molecule has 2 bridgehead atoms. The number of nitrogens with one attached hydrogen (secondary N) is 1. The molecule has 2 heteroatoms. The summed E-state index contributed by atoms with van der Waals surface area (Å²) < 4.78 is 6.02. The molecule has 1 aliphatic heterocycles. The van der Waals surface area contributed by atoms with Gasteiger partial charge >= 0.3 is 0 Å². The summed E-state index contributed by atoms with van der Waals surface area (Å²) in [5.41, 5.74) is 0. The van der Waals surface area contributed by atoms with Gasteiger partial charge in [0.1, 0.15) is 0 Å². The topological polar surface area (TPSA) is 21.3 Å². The zero-order chi connectivity index (χ0) is 12.4. The van der Waals surface area contributed by atoms with Crippen molar-refractivity contribution in [3.63, 3.8) is 0 Å². The molecule has 0 radical (unpaired) electrons. The molecule has 2 saturated carbocycles. The quantitative estimate of drug-likeness (QED) is 0.809. The molecule has 0 spiro atoms. The van der Waals surface area contributed by atoms with Crippen molar-refractivity contribution in [2.24, 2.45) is 17.8 Å². The van der Waals surface area contributed by atoms with Crippen LogP contribution in [0.1, 0.15) is 58.3 Å². The number of hydrogen-bond acceptors (Lipinski definition) is 2. The molecule has 0 aromatic rings. The number of rotatable bonds is 5. The average Bonchev–Trinajstić information content (AvgIpc) is 3.01. The lowest BCUT2D eigenvalue weighted by Gasteiger charge is -2.34. The smallest absolute Gasteiger partial charge is 0.0728 e. The van der Waals surface area contributed by atoms with Gasteiger partial charge in [0.2, 0.25) is 0 Å². The minimum atomic E-state index is 0.498. The van der Waals surface area contributed by atoms with E-state index in [1.165, 1.54) is 51.4 Å². The van der Waals surface area contributed by atoms with Crippen LogP contribution in [0.3, 0.4) is 0 Å². The largest absolute Gasteiger partial charge is 0.377 e. The van der Waals surface area contributed by atoms with Crippen LogP contribution >= 0.6 is 0 Å². The first-order chi connectivity index (χ1) is 8.86. The second-order valence-electron chi connectivity index (χ2n) is 6.74. The lowest BCUT2D eigenvalue weighted by molar-refractivity contribution is -0.0140. The summed E-state index contributed by atoms with van der Waals surface area (Å²) in [4.78, 5) is 0. The maximum Gasteiger partial charge on any atom is 0.0728 e. The first kappa shape index (κ1) is 12.9. The molecule has 3 aliphatic rings. The highest BCUT2D eigenvalue weighted by atomic mass is 16.5. The molecule has 18 heavy (non-hydrogen) atoms. The summed E-state index contributed by atoms with van der Waals surface area (Å²) in [5.74, 6) is 3.13. The van der Waals surface area contributed by atoms with Crippen molar-refractivity contribution < 1.29 is 4.74 Å². The maximum atomic E-state index is 6.02. The molecule has 3 rings (SSSR count). The van der Waals surface area contributed by atoms with Gasteiger partial charge in [-0.1, -0.05) is 13.3 Å². The Labute approximate surface area is 112 Å². The molecule has 5 unspecified atom stereocenters. The summed E-state index contributed by atoms with van der Waals surface area (Å²) in [6, 6.07) is 0.625. The molecule has 1 saturated heterocycles. The Morgan fingerprint density at radius 1 is 1.17 bits per heavy atom. The Hall–Kier alpha value is -0.0800. The van der Waals surface area contributed by atoms with E-state index in [4.69, 9.17) is 4.74 Å². The predicted octanol–water partition coefficient (Wildman–Crippen LogP) is 3.36. The maximum absolute atomic E-state index is 6.02. The Morgan fingerprint density at radius 3 is 2.72 bits per heavy atom. The van der Waals surface area contributed by atoms with Crippen molar-refractivity contribution >= 4 is 0 Å². The Morgan fingerprint density at radius 2 is 2.11 bits per heavy atom.